The minimum Gasteiger partial charge on any atom is -0.494 e. The van der Waals surface area contributed by atoms with Gasteiger partial charge in [-0.1, -0.05) is 48.6 Å². The number of methoxy groups -OCH3 is 1. The van der Waals surface area contributed by atoms with Crippen LogP contribution < -0.4 is 24.3 Å². The molecule has 0 atom stereocenters. The van der Waals surface area contributed by atoms with E-state index >= 15 is 0 Å². The predicted molar refractivity (Wildman–Crippen MR) is 179 cm³/mol. The fraction of sp³-hybridized carbons (Fsp3) is 0.200. The lowest BCUT2D eigenvalue weighted by molar-refractivity contribution is 0.294. The van der Waals surface area contributed by atoms with Gasteiger partial charge in [-0.15, -0.1) is 5.10 Å². The van der Waals surface area contributed by atoms with Crippen molar-refractivity contribution in [1.82, 2.24) is 24.4 Å². The Labute approximate surface area is 264 Å². The van der Waals surface area contributed by atoms with Crippen LogP contribution >= 0.6 is 11.3 Å². The Kier molecular flexibility index (Phi) is 8.74. The normalized spacial score (nSPS) is 12.0. The van der Waals surface area contributed by atoms with Crippen LogP contribution in [-0.2, 0) is 0 Å². The van der Waals surface area contributed by atoms with Crippen molar-refractivity contribution in [3.05, 3.63) is 110 Å². The molecule has 10 heteroatoms. The largest absolute Gasteiger partial charge is 0.494 e. The molecule has 0 amide bonds. The second kappa shape index (κ2) is 13.2. The molecule has 6 rings (SSSR count). The lowest BCUT2D eigenvalue weighted by Crippen LogP contribution is -2.23. The van der Waals surface area contributed by atoms with E-state index < -0.39 is 0 Å². The predicted octanol–water partition coefficient (Wildman–Crippen LogP) is 6.23. The van der Waals surface area contributed by atoms with Crippen molar-refractivity contribution in [3.63, 3.8) is 0 Å². The maximum Gasteiger partial charge on any atom is 0.291 e. The van der Waals surface area contributed by atoms with Gasteiger partial charge in [0.2, 0.25) is 4.96 Å². The summed E-state index contributed by atoms with van der Waals surface area (Å²) in [6.45, 7) is 7.27. The number of benzene rings is 3. The molecular weight excluding hydrogens is 586 g/mol. The number of ether oxygens (including phenoxy) is 3. The van der Waals surface area contributed by atoms with E-state index in [2.05, 4.69) is 17.0 Å². The fourth-order valence-electron chi connectivity index (χ4n) is 4.92. The number of hydrogen-bond acceptors (Lipinski definition) is 8. The molecule has 6 aromatic rings. The standard InChI is InChI=1S/C35H33N5O4S/c1-5-18-44-29-16-12-24(20-30(29)42-4)13-17-32-36-35-40(37-32)34(41)31(45-35)21-25-22-39(26-10-8-7-9-11-26)38-33(25)28-15-14-27(43-6-2)19-23(28)3/h7-17,19-22H,5-6,18H2,1-4H3/b17-13+,31-21-. The smallest absolute Gasteiger partial charge is 0.291 e. The maximum absolute atomic E-state index is 13.5. The van der Waals surface area contributed by atoms with Crippen molar-refractivity contribution in [2.24, 2.45) is 0 Å². The average Bonchev–Trinajstić information content (AvgIpc) is 3.74. The lowest BCUT2D eigenvalue weighted by atomic mass is 10.0. The fourth-order valence-corrected chi connectivity index (χ4v) is 5.83. The van der Waals surface area contributed by atoms with E-state index in [0.29, 0.717) is 40.0 Å². The van der Waals surface area contributed by atoms with E-state index in [9.17, 15) is 4.79 Å². The SMILES string of the molecule is CCCOc1ccc(/C=C/c2nc3s/c(=C\c4cn(-c5ccccc5)nc4-c4ccc(OCC)cc4C)c(=O)n3n2)cc1OC. The molecule has 9 nitrogen and oxygen atoms in total. The van der Waals surface area contributed by atoms with Crippen molar-refractivity contribution in [1.29, 1.82) is 0 Å². The van der Waals surface area contributed by atoms with Gasteiger partial charge in [0, 0.05) is 17.3 Å². The van der Waals surface area contributed by atoms with Gasteiger partial charge in [-0.3, -0.25) is 4.79 Å². The molecule has 3 heterocycles. The Morgan fingerprint density at radius 1 is 0.933 bits per heavy atom. The zero-order valence-corrected chi connectivity index (χ0v) is 26.4. The molecule has 0 N–H and O–H groups in total. The molecule has 0 saturated carbocycles. The number of rotatable bonds is 11. The number of aromatic nitrogens is 5. The van der Waals surface area contributed by atoms with Crippen LogP contribution in [0.1, 0.15) is 42.8 Å². The average molecular weight is 620 g/mol. The van der Waals surface area contributed by atoms with Gasteiger partial charge >= 0.3 is 0 Å². The number of para-hydroxylation sites is 1. The third-order valence-corrected chi connectivity index (χ3v) is 8.05. The van der Waals surface area contributed by atoms with E-state index in [1.54, 1.807) is 13.2 Å². The topological polar surface area (TPSA) is 92.8 Å². The number of thiazole rings is 1. The van der Waals surface area contributed by atoms with Crippen LogP contribution in [0.4, 0.5) is 0 Å². The van der Waals surface area contributed by atoms with Crippen LogP contribution in [-0.4, -0.2) is 44.7 Å². The van der Waals surface area contributed by atoms with E-state index in [1.165, 1.54) is 15.9 Å². The van der Waals surface area contributed by atoms with Crippen LogP contribution in [0.25, 0.3) is 40.1 Å². The molecule has 0 aliphatic carbocycles. The Balaban J connectivity index is 1.34. The van der Waals surface area contributed by atoms with E-state index in [-0.39, 0.29) is 5.56 Å². The minimum absolute atomic E-state index is 0.233. The van der Waals surface area contributed by atoms with Crippen molar-refractivity contribution in [2.45, 2.75) is 27.2 Å². The summed E-state index contributed by atoms with van der Waals surface area (Å²) in [5.74, 6) is 2.60. The van der Waals surface area contributed by atoms with Crippen LogP contribution in [0, 0.1) is 6.92 Å². The summed E-state index contributed by atoms with van der Waals surface area (Å²) >= 11 is 1.29. The third-order valence-electron chi connectivity index (χ3n) is 7.09. The molecule has 0 aliphatic rings. The minimum atomic E-state index is -0.233. The van der Waals surface area contributed by atoms with Gasteiger partial charge in [0.25, 0.3) is 5.56 Å². The molecule has 0 saturated heterocycles. The maximum atomic E-state index is 13.5. The van der Waals surface area contributed by atoms with Gasteiger partial charge in [0.15, 0.2) is 17.3 Å². The van der Waals surface area contributed by atoms with E-state index in [0.717, 1.165) is 45.8 Å². The van der Waals surface area contributed by atoms with E-state index in [1.807, 2.05) is 104 Å². The quantitative estimate of drug-likeness (QED) is 0.170. The molecule has 0 radical (unpaired) electrons. The van der Waals surface area contributed by atoms with Crippen LogP contribution in [0.2, 0.25) is 0 Å². The third kappa shape index (κ3) is 6.37. The Hall–Kier alpha value is -5.22. The first-order valence-electron chi connectivity index (χ1n) is 14.8. The summed E-state index contributed by atoms with van der Waals surface area (Å²) in [6, 6.07) is 21.6. The highest BCUT2D eigenvalue weighted by Crippen LogP contribution is 2.31. The van der Waals surface area contributed by atoms with E-state index in [4.69, 9.17) is 19.3 Å². The molecule has 0 bridgehead atoms. The summed E-state index contributed by atoms with van der Waals surface area (Å²) in [7, 11) is 1.62. The first-order valence-corrected chi connectivity index (χ1v) is 15.6. The summed E-state index contributed by atoms with van der Waals surface area (Å²) < 4.78 is 20.6. The van der Waals surface area contributed by atoms with Gasteiger partial charge in [-0.2, -0.15) is 14.6 Å². The number of hydrogen-bond donors (Lipinski definition) is 0. The van der Waals surface area contributed by atoms with Crippen LogP contribution in [0.15, 0.2) is 77.7 Å². The molecule has 0 fully saturated rings. The molecule has 0 unspecified atom stereocenters. The van der Waals surface area contributed by atoms with Crippen molar-refractivity contribution >= 4 is 34.5 Å². The molecular formula is C35H33N5O4S. The monoisotopic (exact) mass is 619 g/mol. The van der Waals surface area contributed by atoms with Gasteiger partial charge in [0.05, 0.1) is 30.5 Å². The zero-order chi connectivity index (χ0) is 31.3. The first kappa shape index (κ1) is 29.8. The number of aryl methyl sites for hydroxylation is 1. The van der Waals surface area contributed by atoms with Gasteiger partial charge in [-0.05, 0) is 86.0 Å². The van der Waals surface area contributed by atoms with Crippen molar-refractivity contribution < 1.29 is 14.2 Å². The number of nitrogens with zero attached hydrogens (tertiary/aromatic N) is 5. The molecule has 0 spiro atoms. The molecule has 3 aromatic heterocycles. The molecule has 3 aromatic carbocycles. The molecule has 45 heavy (non-hydrogen) atoms. The van der Waals surface area contributed by atoms with Crippen LogP contribution in [0.3, 0.4) is 0 Å². The second-order valence-corrected chi connectivity index (χ2v) is 11.3. The Bertz CT molecular complexity index is 2100. The van der Waals surface area contributed by atoms with Crippen molar-refractivity contribution in [2.75, 3.05) is 20.3 Å². The highest BCUT2D eigenvalue weighted by atomic mass is 32.1. The molecule has 228 valence electrons. The zero-order valence-electron chi connectivity index (χ0n) is 25.6. The lowest BCUT2D eigenvalue weighted by Gasteiger charge is -2.10. The Morgan fingerprint density at radius 3 is 2.51 bits per heavy atom. The first-order chi connectivity index (χ1) is 22.0. The molecule has 0 aliphatic heterocycles. The summed E-state index contributed by atoms with van der Waals surface area (Å²) in [5, 5.41) is 9.41. The summed E-state index contributed by atoms with van der Waals surface area (Å²) in [6.07, 6.45) is 8.38. The highest BCUT2D eigenvalue weighted by molar-refractivity contribution is 7.15. The van der Waals surface area contributed by atoms with Gasteiger partial charge < -0.3 is 14.2 Å². The van der Waals surface area contributed by atoms with Gasteiger partial charge in [0.1, 0.15) is 11.4 Å². The highest BCUT2D eigenvalue weighted by Gasteiger charge is 2.16. The second-order valence-electron chi connectivity index (χ2n) is 10.3. The van der Waals surface area contributed by atoms with Crippen molar-refractivity contribution in [3.8, 4) is 34.2 Å². The summed E-state index contributed by atoms with van der Waals surface area (Å²) in [4.78, 5) is 18.6. The van der Waals surface area contributed by atoms with Gasteiger partial charge in [-0.25, -0.2) is 4.68 Å². The Morgan fingerprint density at radius 2 is 1.78 bits per heavy atom. The van der Waals surface area contributed by atoms with Crippen LogP contribution in [0.5, 0.6) is 17.2 Å². The summed E-state index contributed by atoms with van der Waals surface area (Å²) in [5.41, 5.74) is 5.15. The number of fused-ring (bicyclic) bond motifs is 1.